The number of carbonyl (C=O) groups excluding carboxylic acids is 1. The van der Waals surface area contributed by atoms with Crippen molar-refractivity contribution in [3.05, 3.63) is 30.3 Å². The molecule has 1 unspecified atom stereocenters. The molecule has 0 aliphatic carbocycles. The van der Waals surface area contributed by atoms with E-state index in [-0.39, 0.29) is 11.9 Å². The monoisotopic (exact) mass is 203 g/mol. The van der Waals surface area contributed by atoms with Gasteiger partial charge in [-0.3, -0.25) is 9.79 Å². The van der Waals surface area contributed by atoms with Crippen LogP contribution in [0.2, 0.25) is 0 Å². The summed E-state index contributed by atoms with van der Waals surface area (Å²) in [7, 11) is 0. The molecule has 2 rings (SSSR count). The minimum absolute atomic E-state index is 0.175. The minimum atomic E-state index is -0.175. The predicted octanol–water partition coefficient (Wildman–Crippen LogP) is 1.02. The molecule has 0 radical (unpaired) electrons. The van der Waals surface area contributed by atoms with Crippen LogP contribution in [-0.4, -0.2) is 24.3 Å². The third-order valence-corrected chi connectivity index (χ3v) is 2.15. The third-order valence-electron chi connectivity index (χ3n) is 2.15. The quantitative estimate of drug-likeness (QED) is 0.753. The van der Waals surface area contributed by atoms with Crippen LogP contribution in [0.4, 0.5) is 5.69 Å². The fourth-order valence-electron chi connectivity index (χ4n) is 1.40. The zero-order chi connectivity index (χ0) is 10.7. The Morgan fingerprint density at radius 1 is 1.47 bits per heavy atom. The topological polar surface area (TPSA) is 53.5 Å². The SMILES string of the molecule is CC1CN=C(C(=O)Nc2ccccc2)N1. The van der Waals surface area contributed by atoms with Gasteiger partial charge >= 0.3 is 0 Å². The number of hydrogen-bond acceptors (Lipinski definition) is 3. The normalized spacial score (nSPS) is 19.3. The second-order valence-corrected chi connectivity index (χ2v) is 3.55. The molecule has 1 heterocycles. The van der Waals surface area contributed by atoms with Crippen molar-refractivity contribution in [3.63, 3.8) is 0 Å². The molecule has 4 heteroatoms. The van der Waals surface area contributed by atoms with E-state index in [9.17, 15) is 4.79 Å². The number of amidine groups is 1. The van der Waals surface area contributed by atoms with Gasteiger partial charge in [0.1, 0.15) is 0 Å². The Morgan fingerprint density at radius 2 is 2.20 bits per heavy atom. The van der Waals surface area contributed by atoms with Crippen molar-refractivity contribution >= 4 is 17.4 Å². The van der Waals surface area contributed by atoms with E-state index in [0.717, 1.165) is 5.69 Å². The lowest BCUT2D eigenvalue weighted by Crippen LogP contribution is -2.36. The highest BCUT2D eigenvalue weighted by Crippen LogP contribution is 2.05. The Labute approximate surface area is 88.4 Å². The van der Waals surface area contributed by atoms with Crippen LogP contribution in [-0.2, 0) is 4.79 Å². The van der Waals surface area contributed by atoms with Gasteiger partial charge in [0, 0.05) is 11.7 Å². The molecule has 1 amide bonds. The summed E-state index contributed by atoms with van der Waals surface area (Å²) in [4.78, 5) is 15.8. The largest absolute Gasteiger partial charge is 0.361 e. The minimum Gasteiger partial charge on any atom is -0.361 e. The van der Waals surface area contributed by atoms with Crippen molar-refractivity contribution in [1.29, 1.82) is 0 Å². The maximum atomic E-state index is 11.7. The number of rotatable bonds is 2. The van der Waals surface area contributed by atoms with E-state index in [1.807, 2.05) is 37.3 Å². The molecule has 1 atom stereocenters. The number of amides is 1. The van der Waals surface area contributed by atoms with E-state index >= 15 is 0 Å². The molecule has 1 aromatic rings. The van der Waals surface area contributed by atoms with Crippen LogP contribution in [0.1, 0.15) is 6.92 Å². The molecule has 1 aliphatic heterocycles. The standard InChI is InChI=1S/C11H13N3O/c1-8-7-12-10(13-8)11(15)14-9-5-3-2-4-6-9/h2-6,8H,7H2,1H3,(H,12,13)(H,14,15). The van der Waals surface area contributed by atoms with Gasteiger partial charge in [-0.25, -0.2) is 0 Å². The van der Waals surface area contributed by atoms with Crippen molar-refractivity contribution < 1.29 is 4.79 Å². The van der Waals surface area contributed by atoms with Gasteiger partial charge < -0.3 is 10.6 Å². The number of benzene rings is 1. The van der Waals surface area contributed by atoms with Gasteiger partial charge in [0.2, 0.25) is 0 Å². The van der Waals surface area contributed by atoms with Gasteiger partial charge in [0.15, 0.2) is 5.84 Å². The Morgan fingerprint density at radius 3 is 2.80 bits per heavy atom. The van der Waals surface area contributed by atoms with Crippen molar-refractivity contribution in [1.82, 2.24) is 5.32 Å². The Balaban J connectivity index is 1.99. The van der Waals surface area contributed by atoms with Crippen molar-refractivity contribution in [3.8, 4) is 0 Å². The molecule has 1 aliphatic rings. The fourth-order valence-corrected chi connectivity index (χ4v) is 1.40. The van der Waals surface area contributed by atoms with E-state index in [1.54, 1.807) is 0 Å². The zero-order valence-corrected chi connectivity index (χ0v) is 8.53. The molecule has 2 N–H and O–H groups in total. The molecule has 0 saturated carbocycles. The van der Waals surface area contributed by atoms with E-state index in [0.29, 0.717) is 12.4 Å². The number of carbonyl (C=O) groups is 1. The summed E-state index contributed by atoms with van der Waals surface area (Å²) in [5, 5.41) is 5.78. The van der Waals surface area contributed by atoms with Gasteiger partial charge in [-0.2, -0.15) is 0 Å². The van der Waals surface area contributed by atoms with Crippen LogP contribution in [0, 0.1) is 0 Å². The summed E-state index contributed by atoms with van der Waals surface area (Å²) in [6, 6.07) is 9.60. The molecule has 0 fully saturated rings. The first kappa shape index (κ1) is 9.71. The first-order valence-corrected chi connectivity index (χ1v) is 4.93. The molecule has 0 aromatic heterocycles. The lowest BCUT2D eigenvalue weighted by atomic mass is 10.3. The third kappa shape index (κ3) is 2.34. The predicted molar refractivity (Wildman–Crippen MR) is 60.0 cm³/mol. The highest BCUT2D eigenvalue weighted by atomic mass is 16.2. The number of para-hydroxylation sites is 1. The Kier molecular flexibility index (Phi) is 2.67. The van der Waals surface area contributed by atoms with Gasteiger partial charge in [0.25, 0.3) is 5.91 Å². The van der Waals surface area contributed by atoms with Crippen LogP contribution in [0.3, 0.4) is 0 Å². The highest BCUT2D eigenvalue weighted by molar-refractivity contribution is 6.42. The lowest BCUT2D eigenvalue weighted by Gasteiger charge is -2.06. The van der Waals surface area contributed by atoms with Crippen LogP contribution in [0.25, 0.3) is 0 Å². The molecule has 0 bridgehead atoms. The first-order chi connectivity index (χ1) is 7.25. The molecule has 15 heavy (non-hydrogen) atoms. The Hall–Kier alpha value is -1.84. The summed E-state index contributed by atoms with van der Waals surface area (Å²) in [6.45, 7) is 2.66. The average molecular weight is 203 g/mol. The molecular formula is C11H13N3O. The van der Waals surface area contributed by atoms with Gasteiger partial charge in [0.05, 0.1) is 6.54 Å². The molecule has 0 saturated heterocycles. The van der Waals surface area contributed by atoms with E-state index in [1.165, 1.54) is 0 Å². The van der Waals surface area contributed by atoms with Crippen LogP contribution < -0.4 is 10.6 Å². The van der Waals surface area contributed by atoms with E-state index in [4.69, 9.17) is 0 Å². The van der Waals surface area contributed by atoms with Gasteiger partial charge in [-0.15, -0.1) is 0 Å². The molecule has 0 spiro atoms. The summed E-state index contributed by atoms with van der Waals surface area (Å²) in [5.41, 5.74) is 0.784. The summed E-state index contributed by atoms with van der Waals surface area (Å²) in [6.07, 6.45) is 0. The van der Waals surface area contributed by atoms with E-state index in [2.05, 4.69) is 15.6 Å². The molecule has 78 valence electrons. The van der Waals surface area contributed by atoms with Crippen LogP contribution in [0.15, 0.2) is 35.3 Å². The van der Waals surface area contributed by atoms with Crippen LogP contribution >= 0.6 is 0 Å². The van der Waals surface area contributed by atoms with Gasteiger partial charge in [-0.1, -0.05) is 18.2 Å². The summed E-state index contributed by atoms with van der Waals surface area (Å²) in [5.74, 6) is 0.247. The molecule has 1 aromatic carbocycles. The molecular weight excluding hydrogens is 190 g/mol. The summed E-state index contributed by atoms with van der Waals surface area (Å²) >= 11 is 0. The number of nitrogens with zero attached hydrogens (tertiary/aromatic N) is 1. The lowest BCUT2D eigenvalue weighted by molar-refractivity contribution is -0.110. The second-order valence-electron chi connectivity index (χ2n) is 3.55. The van der Waals surface area contributed by atoms with Crippen molar-refractivity contribution in [2.24, 2.45) is 4.99 Å². The maximum Gasteiger partial charge on any atom is 0.290 e. The first-order valence-electron chi connectivity index (χ1n) is 4.93. The number of hydrogen-bond donors (Lipinski definition) is 2. The van der Waals surface area contributed by atoms with Gasteiger partial charge in [-0.05, 0) is 19.1 Å². The summed E-state index contributed by atoms with van der Waals surface area (Å²) < 4.78 is 0. The van der Waals surface area contributed by atoms with Crippen molar-refractivity contribution in [2.45, 2.75) is 13.0 Å². The number of anilines is 1. The second kappa shape index (κ2) is 4.13. The van der Waals surface area contributed by atoms with Crippen molar-refractivity contribution in [2.75, 3.05) is 11.9 Å². The number of nitrogens with one attached hydrogen (secondary N) is 2. The fraction of sp³-hybridized carbons (Fsp3) is 0.273. The maximum absolute atomic E-state index is 11.7. The zero-order valence-electron chi connectivity index (χ0n) is 8.53. The average Bonchev–Trinajstić information content (AvgIpc) is 2.66. The van der Waals surface area contributed by atoms with E-state index < -0.39 is 0 Å². The van der Waals surface area contributed by atoms with Crippen LogP contribution in [0.5, 0.6) is 0 Å². The molecule has 4 nitrogen and oxygen atoms in total. The smallest absolute Gasteiger partial charge is 0.290 e. The highest BCUT2D eigenvalue weighted by Gasteiger charge is 2.19. The Bertz CT molecular complexity index is 386. The number of aliphatic imine (C=N–C) groups is 1.